The summed E-state index contributed by atoms with van der Waals surface area (Å²) in [7, 11) is 0. The molecule has 0 fully saturated rings. The van der Waals surface area contributed by atoms with E-state index in [9.17, 15) is 0 Å². The van der Waals surface area contributed by atoms with E-state index in [-0.39, 0.29) is 0 Å². The van der Waals surface area contributed by atoms with Crippen LogP contribution in [0.2, 0.25) is 0 Å². The highest BCUT2D eigenvalue weighted by Gasteiger charge is 2.18. The average Bonchev–Trinajstić information content (AvgIpc) is 2.18. The van der Waals surface area contributed by atoms with E-state index in [1.54, 1.807) is 0 Å². The van der Waals surface area contributed by atoms with Gasteiger partial charge in [-0.15, -0.1) is 0 Å². The van der Waals surface area contributed by atoms with Gasteiger partial charge in [0.25, 0.3) is 0 Å². The van der Waals surface area contributed by atoms with E-state index in [0.717, 1.165) is 5.92 Å². The van der Waals surface area contributed by atoms with Crippen molar-refractivity contribution in [3.05, 3.63) is 0 Å². The molecule has 108 valence electrons. The van der Waals surface area contributed by atoms with E-state index >= 15 is 0 Å². The van der Waals surface area contributed by atoms with Crippen molar-refractivity contribution in [1.82, 2.24) is 0 Å². The topological polar surface area (TPSA) is 0 Å². The molecule has 0 rings (SSSR count). The third-order valence-corrected chi connectivity index (χ3v) is 3.53. The van der Waals surface area contributed by atoms with Gasteiger partial charge in [-0.05, 0) is 16.7 Å². The van der Waals surface area contributed by atoms with Gasteiger partial charge in [-0.25, -0.2) is 0 Å². The van der Waals surface area contributed by atoms with Gasteiger partial charge in [-0.2, -0.15) is 0 Å². The van der Waals surface area contributed by atoms with E-state index in [2.05, 4.69) is 76.2 Å². The molecule has 0 aromatic rings. The molecule has 0 aliphatic heterocycles. The van der Waals surface area contributed by atoms with Gasteiger partial charge in [0.2, 0.25) is 0 Å². The van der Waals surface area contributed by atoms with Crippen LogP contribution >= 0.6 is 0 Å². The van der Waals surface area contributed by atoms with Crippen LogP contribution in [-0.2, 0) is 0 Å². The first-order valence-electron chi connectivity index (χ1n) is 7.48. The normalized spacial score (nSPS) is 11.3. The summed E-state index contributed by atoms with van der Waals surface area (Å²) in [5, 5.41) is 0. The van der Waals surface area contributed by atoms with Crippen LogP contribution in [0, 0.1) is 16.7 Å². The van der Waals surface area contributed by atoms with Crippen molar-refractivity contribution in [3.63, 3.8) is 0 Å². The molecule has 0 N–H and O–H groups in total. The summed E-state index contributed by atoms with van der Waals surface area (Å²) >= 11 is 0. The van der Waals surface area contributed by atoms with Gasteiger partial charge < -0.3 is 0 Å². The Hall–Kier alpha value is 0. The van der Waals surface area contributed by atoms with Crippen LogP contribution in [0.5, 0.6) is 0 Å². The molecule has 0 atom stereocenters. The fraction of sp³-hybridized carbons (Fsp3) is 1.00. The Kier molecular flexibility index (Phi) is 14.5. The number of rotatable bonds is 2. The van der Waals surface area contributed by atoms with Crippen LogP contribution in [0.3, 0.4) is 0 Å². The summed E-state index contributed by atoms with van der Waals surface area (Å²) < 4.78 is 0. The van der Waals surface area contributed by atoms with Crippen molar-refractivity contribution in [2.24, 2.45) is 16.7 Å². The lowest BCUT2D eigenvalue weighted by Crippen LogP contribution is -2.17. The number of hydrogen-bond acceptors (Lipinski definition) is 0. The van der Waals surface area contributed by atoms with E-state index in [1.807, 2.05) is 0 Å². The van der Waals surface area contributed by atoms with Crippen LogP contribution in [0.25, 0.3) is 0 Å². The van der Waals surface area contributed by atoms with Gasteiger partial charge in [-0.3, -0.25) is 0 Å². The Bertz CT molecular complexity index is 135. The molecule has 0 bridgehead atoms. The first-order chi connectivity index (χ1) is 7.48. The summed E-state index contributed by atoms with van der Waals surface area (Å²) in [5.74, 6) is 0.812. The fourth-order valence-corrected chi connectivity index (χ4v) is 0.408. The molecule has 0 aliphatic rings. The van der Waals surface area contributed by atoms with Gasteiger partial charge in [0, 0.05) is 0 Å². The van der Waals surface area contributed by atoms with Gasteiger partial charge in [0.05, 0.1) is 0 Å². The Morgan fingerprint density at radius 3 is 0.941 bits per heavy atom. The first-order valence-corrected chi connectivity index (χ1v) is 7.48. The zero-order valence-corrected chi connectivity index (χ0v) is 14.7. The predicted octanol–water partition coefficient (Wildman–Crippen LogP) is 6.94. The van der Waals surface area contributed by atoms with Crippen molar-refractivity contribution in [2.75, 3.05) is 0 Å². The van der Waals surface area contributed by atoms with Gasteiger partial charge in [0.15, 0.2) is 0 Å². The Balaban J connectivity index is -0.000000193. The van der Waals surface area contributed by atoms with Crippen molar-refractivity contribution in [3.8, 4) is 0 Å². The Morgan fingerprint density at radius 2 is 0.941 bits per heavy atom. The van der Waals surface area contributed by atoms with E-state index in [1.165, 1.54) is 19.3 Å². The minimum Gasteiger partial charge on any atom is -0.0656 e. The molecule has 0 aromatic carbocycles. The quantitative estimate of drug-likeness (QED) is 0.493. The molecular formula is C17H40. The molecule has 0 aromatic heterocycles. The molecule has 0 saturated carbocycles. The second-order valence-electron chi connectivity index (χ2n) is 7.12. The lowest BCUT2D eigenvalue weighted by atomic mass is 9.79. The summed E-state index contributed by atoms with van der Waals surface area (Å²) in [6.07, 6.45) is 3.80. The van der Waals surface area contributed by atoms with Crippen molar-refractivity contribution < 1.29 is 0 Å². The minimum absolute atomic E-state index is 0.542. The van der Waals surface area contributed by atoms with Crippen LogP contribution in [0.1, 0.15) is 95.4 Å². The number of hydrogen-bond donors (Lipinski definition) is 0. The molecule has 17 heavy (non-hydrogen) atoms. The zero-order valence-electron chi connectivity index (χ0n) is 14.7. The van der Waals surface area contributed by atoms with Crippen molar-refractivity contribution in [1.29, 1.82) is 0 Å². The van der Waals surface area contributed by atoms with Gasteiger partial charge in [0.1, 0.15) is 0 Å². The SMILES string of the molecule is CCC.CCC(C)(C)C.CCC(C)(C)C(C)C. The summed E-state index contributed by atoms with van der Waals surface area (Å²) in [4.78, 5) is 0. The molecular weight excluding hydrogens is 204 g/mol. The molecule has 0 saturated heterocycles. The maximum absolute atomic E-state index is 2.32. The van der Waals surface area contributed by atoms with Crippen LogP contribution in [0.15, 0.2) is 0 Å². The van der Waals surface area contributed by atoms with Crippen LogP contribution in [0.4, 0.5) is 0 Å². The van der Waals surface area contributed by atoms with Gasteiger partial charge in [-0.1, -0.05) is 95.4 Å². The third kappa shape index (κ3) is 21.8. The highest BCUT2D eigenvalue weighted by Crippen LogP contribution is 2.28. The minimum atomic E-state index is 0.542. The van der Waals surface area contributed by atoms with Gasteiger partial charge >= 0.3 is 0 Å². The lowest BCUT2D eigenvalue weighted by Gasteiger charge is -2.27. The molecule has 0 aliphatic carbocycles. The highest BCUT2D eigenvalue weighted by molar-refractivity contribution is 4.69. The first kappa shape index (κ1) is 22.2. The molecule has 0 heteroatoms. The molecule has 0 radical (unpaired) electrons. The second-order valence-corrected chi connectivity index (χ2v) is 7.12. The lowest BCUT2D eigenvalue weighted by molar-refractivity contribution is 0.240. The largest absolute Gasteiger partial charge is 0.0656 e. The summed E-state index contributed by atoms with van der Waals surface area (Å²) in [6.45, 7) is 24.6. The second kappa shape index (κ2) is 11.1. The maximum atomic E-state index is 2.32. The molecule has 0 unspecified atom stereocenters. The van der Waals surface area contributed by atoms with Crippen LogP contribution < -0.4 is 0 Å². The Morgan fingerprint density at radius 1 is 0.706 bits per heavy atom. The Labute approximate surface area is 113 Å². The maximum Gasteiger partial charge on any atom is -0.0334 e. The highest BCUT2D eigenvalue weighted by atomic mass is 14.2. The standard InChI is InChI=1S/C8H18.C6H14.C3H8/c1-6-8(4,5)7(2)3;1-5-6(2,3)4;1-3-2/h7H,6H2,1-5H3;5H2,1-4H3;3H2,1-2H3. The van der Waals surface area contributed by atoms with E-state index in [4.69, 9.17) is 0 Å². The molecule has 0 heterocycles. The smallest absolute Gasteiger partial charge is 0.0334 e. The van der Waals surface area contributed by atoms with E-state index < -0.39 is 0 Å². The third-order valence-electron chi connectivity index (χ3n) is 3.53. The molecule has 0 spiro atoms. The van der Waals surface area contributed by atoms with Crippen LogP contribution in [-0.4, -0.2) is 0 Å². The van der Waals surface area contributed by atoms with Crippen molar-refractivity contribution in [2.45, 2.75) is 95.4 Å². The van der Waals surface area contributed by atoms with Crippen molar-refractivity contribution >= 4 is 0 Å². The zero-order chi connectivity index (χ0) is 14.7. The fourth-order valence-electron chi connectivity index (χ4n) is 0.408. The van der Waals surface area contributed by atoms with E-state index in [0.29, 0.717) is 10.8 Å². The predicted molar refractivity (Wildman–Crippen MR) is 84.6 cm³/mol. The summed E-state index contributed by atoms with van der Waals surface area (Å²) in [5.41, 5.74) is 1.08. The molecule has 0 nitrogen and oxygen atoms in total. The average molecular weight is 245 g/mol. The monoisotopic (exact) mass is 244 g/mol. The molecule has 0 amide bonds. The summed E-state index contributed by atoms with van der Waals surface area (Å²) in [6, 6.07) is 0.